The molecule has 2 aliphatic heterocycles. The van der Waals surface area contributed by atoms with Crippen molar-refractivity contribution >= 4 is 5.91 Å². The molecule has 5 heteroatoms. The van der Waals surface area contributed by atoms with E-state index in [1.165, 1.54) is 6.07 Å². The molecule has 1 spiro atoms. The maximum absolute atomic E-state index is 13.8. The number of nitrogens with zero attached hydrogens (tertiary/aromatic N) is 1. The van der Waals surface area contributed by atoms with E-state index in [4.69, 9.17) is 4.74 Å². The van der Waals surface area contributed by atoms with Crippen molar-refractivity contribution in [2.75, 3.05) is 13.2 Å². The molecule has 2 fully saturated rings. The Bertz CT molecular complexity index is 915. The van der Waals surface area contributed by atoms with Crippen molar-refractivity contribution in [1.82, 2.24) is 4.90 Å². The Morgan fingerprint density at radius 1 is 1.27 bits per heavy atom. The minimum absolute atomic E-state index is 0.0772. The summed E-state index contributed by atoms with van der Waals surface area (Å²) in [6.45, 7) is 5.56. The largest absolute Gasteiger partial charge is 0.508 e. The Morgan fingerprint density at radius 2 is 2.07 bits per heavy atom. The van der Waals surface area contributed by atoms with Gasteiger partial charge in [-0.05, 0) is 66.5 Å². The Hall–Kier alpha value is -2.40. The third-order valence-electron chi connectivity index (χ3n) is 6.73. The van der Waals surface area contributed by atoms with Gasteiger partial charge in [-0.25, -0.2) is 4.39 Å². The zero-order valence-corrected chi connectivity index (χ0v) is 17.7. The van der Waals surface area contributed by atoms with Gasteiger partial charge in [-0.15, -0.1) is 0 Å². The van der Waals surface area contributed by atoms with Crippen LogP contribution < -0.4 is 0 Å². The molecule has 30 heavy (non-hydrogen) atoms. The van der Waals surface area contributed by atoms with Crippen LogP contribution in [0.15, 0.2) is 48.5 Å². The minimum Gasteiger partial charge on any atom is -0.508 e. The summed E-state index contributed by atoms with van der Waals surface area (Å²) in [5, 5.41) is 9.71. The maximum atomic E-state index is 13.8. The van der Waals surface area contributed by atoms with Crippen molar-refractivity contribution in [3.8, 4) is 5.75 Å². The quantitative estimate of drug-likeness (QED) is 0.781. The molecule has 3 atom stereocenters. The zero-order valence-electron chi connectivity index (χ0n) is 17.7. The topological polar surface area (TPSA) is 49.8 Å². The van der Waals surface area contributed by atoms with Gasteiger partial charge in [0, 0.05) is 6.54 Å². The van der Waals surface area contributed by atoms with E-state index in [0.717, 1.165) is 36.9 Å². The second kappa shape index (κ2) is 8.38. The summed E-state index contributed by atoms with van der Waals surface area (Å²) in [6.07, 6.45) is 2.87. The Morgan fingerprint density at radius 3 is 2.80 bits per heavy atom. The van der Waals surface area contributed by atoms with E-state index in [2.05, 4.69) is 13.8 Å². The second-order valence-electron chi connectivity index (χ2n) is 9.12. The van der Waals surface area contributed by atoms with Crippen LogP contribution in [0.2, 0.25) is 0 Å². The fraction of sp³-hybridized carbons (Fsp3) is 0.480. The summed E-state index contributed by atoms with van der Waals surface area (Å²) in [6, 6.07) is 13.6. The van der Waals surface area contributed by atoms with Crippen LogP contribution in [0.3, 0.4) is 0 Å². The van der Waals surface area contributed by atoms with E-state index in [9.17, 15) is 14.3 Å². The van der Waals surface area contributed by atoms with E-state index < -0.39 is 0 Å². The van der Waals surface area contributed by atoms with Crippen molar-refractivity contribution in [2.24, 2.45) is 11.8 Å². The molecule has 0 saturated carbocycles. The van der Waals surface area contributed by atoms with Gasteiger partial charge >= 0.3 is 0 Å². The molecule has 4 rings (SSSR count). The van der Waals surface area contributed by atoms with Gasteiger partial charge < -0.3 is 14.7 Å². The number of phenols is 1. The lowest BCUT2D eigenvalue weighted by Crippen LogP contribution is -2.56. The molecule has 2 heterocycles. The molecular weight excluding hydrogens is 381 g/mol. The van der Waals surface area contributed by atoms with Gasteiger partial charge in [0.25, 0.3) is 0 Å². The number of benzene rings is 2. The first kappa shape index (κ1) is 20.9. The summed E-state index contributed by atoms with van der Waals surface area (Å²) < 4.78 is 20.2. The average Bonchev–Trinajstić information content (AvgIpc) is 3.11. The lowest BCUT2D eigenvalue weighted by atomic mass is 9.73. The molecule has 0 radical (unpaired) electrons. The van der Waals surface area contributed by atoms with E-state index in [0.29, 0.717) is 12.5 Å². The number of halogens is 1. The summed E-state index contributed by atoms with van der Waals surface area (Å²) in [4.78, 5) is 15.2. The first-order chi connectivity index (χ1) is 14.4. The van der Waals surface area contributed by atoms with Crippen LogP contribution in [0.25, 0.3) is 0 Å². The van der Waals surface area contributed by atoms with Crippen LogP contribution in [-0.2, 0) is 16.0 Å². The summed E-state index contributed by atoms with van der Waals surface area (Å²) in [7, 11) is 0. The van der Waals surface area contributed by atoms with Crippen LogP contribution >= 0.6 is 0 Å². The van der Waals surface area contributed by atoms with E-state index in [1.54, 1.807) is 30.3 Å². The highest BCUT2D eigenvalue weighted by atomic mass is 19.1. The van der Waals surface area contributed by atoms with Crippen molar-refractivity contribution in [3.63, 3.8) is 0 Å². The van der Waals surface area contributed by atoms with Crippen molar-refractivity contribution < 1.29 is 19.0 Å². The Kier molecular flexibility index (Phi) is 5.83. The fourth-order valence-electron chi connectivity index (χ4n) is 5.21. The van der Waals surface area contributed by atoms with Crippen LogP contribution in [0.1, 0.15) is 50.3 Å². The molecule has 2 aromatic carbocycles. The number of hydrogen-bond acceptors (Lipinski definition) is 3. The number of phenolic OH excluding ortho intramolecular Hbond substituents is 1. The molecule has 4 nitrogen and oxygen atoms in total. The molecule has 0 bridgehead atoms. The number of aromatic hydroxyl groups is 1. The Labute approximate surface area is 177 Å². The third-order valence-corrected chi connectivity index (χ3v) is 6.73. The average molecular weight is 412 g/mol. The molecule has 0 aromatic heterocycles. The van der Waals surface area contributed by atoms with Gasteiger partial charge in [-0.2, -0.15) is 0 Å². The summed E-state index contributed by atoms with van der Waals surface area (Å²) in [5.41, 5.74) is 1.39. The number of ether oxygens (including phenoxy) is 1. The van der Waals surface area contributed by atoms with Gasteiger partial charge in [0.1, 0.15) is 11.6 Å². The van der Waals surface area contributed by atoms with E-state index >= 15 is 0 Å². The van der Waals surface area contributed by atoms with Gasteiger partial charge in [0.15, 0.2) is 0 Å². The number of hydrogen-bond donors (Lipinski definition) is 1. The number of carbonyl (C=O) groups is 1. The molecule has 1 amide bonds. The molecule has 2 aromatic rings. The first-order valence-electron chi connectivity index (χ1n) is 10.8. The van der Waals surface area contributed by atoms with E-state index in [-0.39, 0.29) is 41.5 Å². The molecule has 2 aliphatic rings. The van der Waals surface area contributed by atoms with Crippen LogP contribution in [-0.4, -0.2) is 34.6 Å². The van der Waals surface area contributed by atoms with Crippen LogP contribution in [0.5, 0.6) is 5.75 Å². The summed E-state index contributed by atoms with van der Waals surface area (Å²) in [5.74, 6) is 0.556. The lowest BCUT2D eigenvalue weighted by molar-refractivity contribution is -0.152. The lowest BCUT2D eigenvalue weighted by Gasteiger charge is -2.48. The SMILES string of the molecule is CC(C)[C@@H]1C[C@@]2(CCCN2C(=O)Cc2cccc(O)c2)CO[C@H]1c1cccc(F)c1. The first-order valence-corrected chi connectivity index (χ1v) is 10.8. The van der Waals surface area contributed by atoms with Crippen molar-refractivity contribution in [3.05, 3.63) is 65.5 Å². The highest BCUT2D eigenvalue weighted by molar-refractivity contribution is 5.80. The fourth-order valence-corrected chi connectivity index (χ4v) is 5.21. The number of rotatable bonds is 4. The Balaban J connectivity index is 1.55. The van der Waals surface area contributed by atoms with E-state index in [1.807, 2.05) is 17.0 Å². The smallest absolute Gasteiger partial charge is 0.227 e. The molecule has 160 valence electrons. The predicted octanol–water partition coefficient (Wildman–Crippen LogP) is 4.87. The molecule has 1 N–H and O–H groups in total. The van der Waals surface area contributed by atoms with Crippen LogP contribution in [0, 0.1) is 17.7 Å². The number of carbonyl (C=O) groups excluding carboxylic acids is 1. The van der Waals surface area contributed by atoms with Gasteiger partial charge in [-0.3, -0.25) is 4.79 Å². The van der Waals surface area contributed by atoms with Gasteiger partial charge in [0.2, 0.25) is 5.91 Å². The number of likely N-dealkylation sites (tertiary alicyclic amines) is 1. The normalized spacial score (nSPS) is 26.5. The molecular formula is C25H30FNO3. The second-order valence-corrected chi connectivity index (χ2v) is 9.12. The van der Waals surface area contributed by atoms with Gasteiger partial charge in [-0.1, -0.05) is 38.1 Å². The molecule has 2 saturated heterocycles. The van der Waals surface area contributed by atoms with Gasteiger partial charge in [0.05, 0.1) is 24.7 Å². The zero-order chi connectivity index (χ0) is 21.3. The standard InChI is InChI=1S/C25H30FNO3/c1-17(2)22-15-25(16-30-24(22)19-7-4-8-20(26)14-19)10-5-11-27(25)23(29)13-18-6-3-9-21(28)12-18/h3-4,6-9,12,14,17,22,24,28H,5,10-11,13,15-16H2,1-2H3/t22-,24-,25-/m0/s1. The number of amides is 1. The summed E-state index contributed by atoms with van der Waals surface area (Å²) >= 11 is 0. The highest BCUT2D eigenvalue weighted by Gasteiger charge is 2.50. The van der Waals surface area contributed by atoms with Crippen molar-refractivity contribution in [2.45, 2.75) is 51.2 Å². The minimum atomic E-state index is -0.299. The molecule has 0 aliphatic carbocycles. The highest BCUT2D eigenvalue weighted by Crippen LogP contribution is 2.47. The predicted molar refractivity (Wildman–Crippen MR) is 114 cm³/mol. The molecule has 0 unspecified atom stereocenters. The maximum Gasteiger partial charge on any atom is 0.227 e. The van der Waals surface area contributed by atoms with Crippen molar-refractivity contribution in [1.29, 1.82) is 0 Å². The third kappa shape index (κ3) is 4.08. The van der Waals surface area contributed by atoms with Crippen LogP contribution in [0.4, 0.5) is 4.39 Å². The monoisotopic (exact) mass is 411 g/mol.